The van der Waals surface area contributed by atoms with Gasteiger partial charge in [0.2, 0.25) is 18.0 Å². The first kappa shape index (κ1) is 60.8. The lowest BCUT2D eigenvalue weighted by Gasteiger charge is -2.46. The van der Waals surface area contributed by atoms with E-state index in [4.69, 9.17) is 0 Å². The molecule has 6 aromatic carbocycles. The molecule has 428 valence electrons. The van der Waals surface area contributed by atoms with Crippen LogP contribution in [0.5, 0.6) is 0 Å². The van der Waals surface area contributed by atoms with Crippen LogP contribution < -0.4 is 26.4 Å². The fourth-order valence-corrected chi connectivity index (χ4v) is 9.25. The van der Waals surface area contributed by atoms with Crippen LogP contribution in [0.3, 0.4) is 0 Å². The number of Topliss-reactive ketones (excluding diaryl/α,β-unsaturated/α-hetero) is 1. The van der Waals surface area contributed by atoms with Gasteiger partial charge in [0.25, 0.3) is 0 Å². The summed E-state index contributed by atoms with van der Waals surface area (Å²) in [5, 5.41) is 0. The van der Waals surface area contributed by atoms with Crippen LogP contribution in [0.25, 0.3) is 6.08 Å². The molecule has 0 saturated heterocycles. The van der Waals surface area contributed by atoms with Gasteiger partial charge in [-0.15, -0.1) is 0 Å². The molecule has 81 heavy (non-hydrogen) atoms. The third-order valence-corrected chi connectivity index (χ3v) is 12.8. The van der Waals surface area contributed by atoms with E-state index in [0.717, 1.165) is 11.3 Å². The van der Waals surface area contributed by atoms with Gasteiger partial charge in [-0.3, -0.25) is 9.78 Å². The first-order valence-corrected chi connectivity index (χ1v) is 22.6. The van der Waals surface area contributed by atoms with Crippen molar-refractivity contribution < 1.29 is 115 Å². The van der Waals surface area contributed by atoms with Gasteiger partial charge in [-0.25, -0.2) is 0 Å². The van der Waals surface area contributed by atoms with Gasteiger partial charge < -0.3 is 0 Å². The van der Waals surface area contributed by atoms with E-state index < -0.39 is 195 Å². The van der Waals surface area contributed by atoms with Crippen molar-refractivity contribution in [1.82, 2.24) is 4.98 Å². The summed E-state index contributed by atoms with van der Waals surface area (Å²) in [5.41, 5.74) is -26.0. The minimum atomic E-state index is -6.13. The summed E-state index contributed by atoms with van der Waals surface area (Å²) in [7, 11) is 0. The highest BCUT2D eigenvalue weighted by molar-refractivity contribution is 7.20. The van der Waals surface area contributed by atoms with Gasteiger partial charge in [0.15, 0.2) is 6.20 Å². The van der Waals surface area contributed by atoms with E-state index in [-0.39, 0.29) is 11.7 Å². The molecule has 1 aromatic heterocycles. The van der Waals surface area contributed by atoms with Crippen molar-refractivity contribution in [2.45, 2.75) is 61.9 Å². The Morgan fingerprint density at radius 1 is 0.420 bits per heavy atom. The lowest BCUT2D eigenvalue weighted by Crippen LogP contribution is -2.75. The second kappa shape index (κ2) is 21.3. The van der Waals surface area contributed by atoms with Gasteiger partial charge in [-0.2, -0.15) is 132 Å². The molecule has 8 rings (SSSR count). The number of fused-ring (bicyclic) bond motifs is 1. The molecule has 0 aliphatic heterocycles. The molecule has 7 aromatic rings. The van der Waals surface area contributed by atoms with Crippen molar-refractivity contribution in [3.8, 4) is 0 Å². The number of aromatic nitrogens is 2. The Kier molecular flexibility index (Phi) is 16.0. The minimum Gasteiger partial charge on any atom is -0.287 e. The number of hydrogen-bond acceptors (Lipinski definition) is 2. The number of ketones is 1. The summed E-state index contributed by atoms with van der Waals surface area (Å²) in [5.74, 6) is 0.238. The molecule has 1 heterocycles. The first-order valence-electron chi connectivity index (χ1n) is 22.6. The van der Waals surface area contributed by atoms with E-state index in [1.807, 2.05) is 53.4 Å². The van der Waals surface area contributed by atoms with Crippen LogP contribution >= 0.6 is 0 Å². The highest BCUT2D eigenvalue weighted by atomic mass is 19.4. The SMILES string of the molecule is FC(F)(F)c1cc([B-](c2cc(C(F)(F)F)cc(C(F)(F)F)c2)(c2cc(C(F)(F)F)cc(C(F)(F)F)c2)c2cc(C(F)(F)F)cc(C(F)(F)F)c2)cc(C(F)(F)F)c1.O=C(C[n+]1ccncc1C1C=Cc2ccccc21)c1ccccc1. The fraction of sp³-hybridized carbons (Fsp3) is 0.189. The smallest absolute Gasteiger partial charge is 0.287 e. The number of allylic oxidation sites excluding steroid dienone is 1. The van der Waals surface area contributed by atoms with Crippen molar-refractivity contribution in [3.63, 3.8) is 0 Å². The van der Waals surface area contributed by atoms with Gasteiger partial charge in [0, 0.05) is 5.56 Å². The van der Waals surface area contributed by atoms with E-state index >= 15 is 0 Å². The zero-order valence-corrected chi connectivity index (χ0v) is 39.7. The highest BCUT2D eigenvalue weighted by Crippen LogP contribution is 2.42. The molecular weight excluding hydrogens is 1150 g/mol. The Bertz CT molecular complexity index is 3060. The second-order valence-corrected chi connectivity index (χ2v) is 18.1. The number of alkyl halides is 24. The number of carbonyl (C=O) groups is 1. The van der Waals surface area contributed by atoms with Crippen LogP contribution in [0.1, 0.15) is 77.6 Å². The summed E-state index contributed by atoms with van der Waals surface area (Å²) in [6, 6.07) is 8.94. The molecule has 0 amide bonds. The quantitative estimate of drug-likeness (QED) is 0.0658. The number of rotatable bonds is 8. The van der Waals surface area contributed by atoms with Crippen molar-refractivity contribution in [2.24, 2.45) is 0 Å². The fourth-order valence-electron chi connectivity index (χ4n) is 9.25. The molecule has 0 radical (unpaired) electrons. The van der Waals surface area contributed by atoms with Crippen LogP contribution in [-0.4, -0.2) is 16.9 Å². The maximum absolute atomic E-state index is 14.2. The zero-order valence-electron chi connectivity index (χ0n) is 39.7. The second-order valence-electron chi connectivity index (χ2n) is 18.1. The zero-order chi connectivity index (χ0) is 60.3. The molecule has 0 saturated carbocycles. The summed E-state index contributed by atoms with van der Waals surface area (Å²) in [6.07, 6.45) is -45.0. The molecule has 0 fully saturated rings. The molecule has 28 heteroatoms. The minimum absolute atomic E-state index is 0.100. The number of benzene rings is 6. The maximum atomic E-state index is 14.2. The lowest BCUT2D eigenvalue weighted by molar-refractivity contribution is -0.691. The summed E-state index contributed by atoms with van der Waals surface area (Å²) in [6.45, 7) is 0.314. The van der Waals surface area contributed by atoms with Crippen LogP contribution in [0.2, 0.25) is 0 Å². The van der Waals surface area contributed by atoms with Crippen LogP contribution in [-0.2, 0) is 56.0 Å². The van der Waals surface area contributed by atoms with Crippen LogP contribution in [0, 0.1) is 0 Å². The topological polar surface area (TPSA) is 33.8 Å². The van der Waals surface area contributed by atoms with Crippen LogP contribution in [0.4, 0.5) is 105 Å². The lowest BCUT2D eigenvalue weighted by atomic mass is 9.12. The Balaban J connectivity index is 0.000000323. The van der Waals surface area contributed by atoms with Crippen molar-refractivity contribution in [1.29, 1.82) is 0 Å². The first-order chi connectivity index (χ1) is 37.1. The van der Waals surface area contributed by atoms with Gasteiger partial charge in [0.1, 0.15) is 6.15 Å². The number of nitrogens with zero attached hydrogens (tertiary/aromatic N) is 2. The number of halogens is 24. The van der Waals surface area contributed by atoms with Crippen molar-refractivity contribution >= 4 is 39.9 Å². The predicted octanol–water partition coefficient (Wildman–Crippen LogP) is 14.6. The van der Waals surface area contributed by atoms with E-state index in [1.54, 1.807) is 6.20 Å². The molecule has 1 unspecified atom stereocenters. The van der Waals surface area contributed by atoms with E-state index in [0.29, 0.717) is 6.54 Å². The molecular formula is C53H29BF24N2O. The van der Waals surface area contributed by atoms with Crippen molar-refractivity contribution in [3.05, 3.63) is 219 Å². The van der Waals surface area contributed by atoms with Gasteiger partial charge in [0.05, 0.1) is 62.8 Å². The van der Waals surface area contributed by atoms with E-state index in [1.165, 1.54) is 11.1 Å². The average Bonchev–Trinajstić information content (AvgIpc) is 3.58. The van der Waals surface area contributed by atoms with Gasteiger partial charge in [-0.1, -0.05) is 115 Å². The standard InChI is InChI=1S/C32H12BF24.C21H17N2O/c34-25(35,36)13-1-14(26(37,38)39)6-21(5-13)33(22-7-15(27(40,41)42)2-16(8-22)28(43,44)45,23-9-17(29(46,47)48)3-18(10-23)30(49,50)51)24-11-19(31(52,53)54)4-20(12-24)32(55,56)57;24-21(17-7-2-1-3-8-17)15-23-13-12-22-14-20(23)19-11-10-16-6-4-5-9-18(16)19/h1-12H;1-14,19H,15H2/q-1;+1. The predicted molar refractivity (Wildman–Crippen MR) is 243 cm³/mol. The largest absolute Gasteiger partial charge is 0.416 e. The van der Waals surface area contributed by atoms with E-state index in [9.17, 15) is 110 Å². The molecule has 0 bridgehead atoms. The summed E-state index contributed by atoms with van der Waals surface area (Å²) >= 11 is 0. The van der Waals surface area contributed by atoms with Gasteiger partial charge >= 0.3 is 49.4 Å². The maximum Gasteiger partial charge on any atom is 0.416 e. The third kappa shape index (κ3) is 13.4. The average molecular weight is 1180 g/mol. The van der Waals surface area contributed by atoms with E-state index in [2.05, 4.69) is 35.3 Å². The highest BCUT2D eigenvalue weighted by Gasteiger charge is 2.47. The Morgan fingerprint density at radius 2 is 0.728 bits per heavy atom. The summed E-state index contributed by atoms with van der Waals surface area (Å²) < 4.78 is 343. The summed E-state index contributed by atoms with van der Waals surface area (Å²) in [4.78, 5) is 16.8. The Hall–Kier alpha value is -7.81. The molecule has 1 aliphatic carbocycles. The molecule has 1 atom stereocenters. The molecule has 1 aliphatic rings. The molecule has 3 nitrogen and oxygen atoms in total. The number of carbonyl (C=O) groups excluding carboxylic acids is 1. The third-order valence-electron chi connectivity index (χ3n) is 12.8. The Morgan fingerprint density at radius 3 is 1.05 bits per heavy atom. The molecule has 0 spiro atoms. The molecule has 0 N–H and O–H groups in total. The van der Waals surface area contributed by atoms with Crippen molar-refractivity contribution in [2.75, 3.05) is 0 Å². The van der Waals surface area contributed by atoms with Gasteiger partial charge in [-0.05, 0) is 35.4 Å². The number of hydrogen-bond donors (Lipinski definition) is 0. The van der Waals surface area contributed by atoms with Crippen LogP contribution in [0.15, 0.2) is 152 Å². The normalized spacial score (nSPS) is 14.6. The monoisotopic (exact) mass is 1180 g/mol. The Labute approximate surface area is 439 Å².